The van der Waals surface area contributed by atoms with Gasteiger partial charge in [-0.1, -0.05) is 0 Å². The van der Waals surface area contributed by atoms with Crippen molar-refractivity contribution >= 4 is 11.6 Å². The predicted molar refractivity (Wildman–Crippen MR) is 74.3 cm³/mol. The molecule has 1 atom stereocenters. The lowest BCUT2D eigenvalue weighted by Crippen LogP contribution is -2.31. The number of nitrogens with one attached hydrogen (secondary N) is 2. The Kier molecular flexibility index (Phi) is 3.99. The molecule has 1 heterocycles. The highest BCUT2D eigenvalue weighted by atomic mass is 19.3. The van der Waals surface area contributed by atoms with Crippen LogP contribution in [-0.2, 0) is 4.79 Å². The molecule has 22 heavy (non-hydrogen) atoms. The van der Waals surface area contributed by atoms with Gasteiger partial charge in [0.05, 0.1) is 5.69 Å². The lowest BCUT2D eigenvalue weighted by Gasteiger charge is -2.23. The molecular weight excluding hydrogens is 297 g/mol. The molecule has 2 N–H and O–H groups in total. The summed E-state index contributed by atoms with van der Waals surface area (Å²) in [6, 6.07) is 3.18. The van der Waals surface area contributed by atoms with Crippen molar-refractivity contribution < 1.29 is 22.7 Å². The van der Waals surface area contributed by atoms with Gasteiger partial charge in [0.15, 0.2) is 5.75 Å². The number of halogens is 3. The van der Waals surface area contributed by atoms with Crippen molar-refractivity contribution in [1.29, 1.82) is 0 Å². The van der Waals surface area contributed by atoms with E-state index in [0.29, 0.717) is 0 Å². The Morgan fingerprint density at radius 3 is 2.77 bits per heavy atom. The quantitative estimate of drug-likeness (QED) is 0.898. The van der Waals surface area contributed by atoms with Gasteiger partial charge in [-0.3, -0.25) is 4.79 Å². The van der Waals surface area contributed by atoms with Crippen molar-refractivity contribution in [2.24, 2.45) is 11.3 Å². The van der Waals surface area contributed by atoms with Crippen LogP contribution in [0.1, 0.15) is 19.3 Å². The molecule has 1 spiro atoms. The van der Waals surface area contributed by atoms with Crippen LogP contribution in [-0.4, -0.2) is 25.6 Å². The molecule has 1 unspecified atom stereocenters. The SMILES string of the molecule is O=C(Nc1ccc(F)cc1OC(F)F)C1CC12CCNCC2. The topological polar surface area (TPSA) is 50.4 Å². The van der Waals surface area contributed by atoms with E-state index < -0.39 is 12.4 Å². The fourth-order valence-electron chi connectivity index (χ4n) is 3.21. The summed E-state index contributed by atoms with van der Waals surface area (Å²) in [6.45, 7) is -1.30. The van der Waals surface area contributed by atoms with Gasteiger partial charge in [0.1, 0.15) is 5.82 Å². The Morgan fingerprint density at radius 1 is 1.36 bits per heavy atom. The van der Waals surface area contributed by atoms with E-state index in [-0.39, 0.29) is 28.7 Å². The molecule has 1 aromatic carbocycles. The molecule has 1 amide bonds. The van der Waals surface area contributed by atoms with Crippen molar-refractivity contribution in [1.82, 2.24) is 5.32 Å². The second-order valence-electron chi connectivity index (χ2n) is 5.88. The molecule has 3 rings (SSSR count). The first-order valence-corrected chi connectivity index (χ1v) is 7.26. The number of hydrogen-bond donors (Lipinski definition) is 2. The highest BCUT2D eigenvalue weighted by molar-refractivity contribution is 5.96. The van der Waals surface area contributed by atoms with Crippen molar-refractivity contribution in [3.05, 3.63) is 24.0 Å². The maximum absolute atomic E-state index is 13.1. The van der Waals surface area contributed by atoms with Gasteiger partial charge < -0.3 is 15.4 Å². The van der Waals surface area contributed by atoms with Crippen LogP contribution >= 0.6 is 0 Å². The van der Waals surface area contributed by atoms with Crippen LogP contribution in [0.25, 0.3) is 0 Å². The number of alkyl halides is 2. The zero-order valence-corrected chi connectivity index (χ0v) is 11.9. The van der Waals surface area contributed by atoms with Crippen molar-refractivity contribution in [2.75, 3.05) is 18.4 Å². The van der Waals surface area contributed by atoms with Gasteiger partial charge in [-0.25, -0.2) is 4.39 Å². The Bertz CT molecular complexity index is 574. The highest BCUT2D eigenvalue weighted by Gasteiger charge is 2.57. The monoisotopic (exact) mass is 314 g/mol. The van der Waals surface area contributed by atoms with E-state index in [2.05, 4.69) is 15.4 Å². The van der Waals surface area contributed by atoms with E-state index in [9.17, 15) is 18.0 Å². The number of ether oxygens (including phenoxy) is 1. The third-order valence-electron chi connectivity index (χ3n) is 4.52. The molecule has 4 nitrogen and oxygen atoms in total. The smallest absolute Gasteiger partial charge is 0.387 e. The van der Waals surface area contributed by atoms with Gasteiger partial charge in [-0.05, 0) is 49.9 Å². The summed E-state index contributed by atoms with van der Waals surface area (Å²) in [5, 5.41) is 5.84. The van der Waals surface area contributed by atoms with Crippen LogP contribution in [0.5, 0.6) is 5.75 Å². The molecule has 1 aromatic rings. The van der Waals surface area contributed by atoms with Crippen LogP contribution in [0.4, 0.5) is 18.9 Å². The maximum Gasteiger partial charge on any atom is 0.387 e. The van der Waals surface area contributed by atoms with E-state index in [0.717, 1.165) is 44.5 Å². The summed E-state index contributed by atoms with van der Waals surface area (Å²) in [4.78, 5) is 12.3. The number of piperidine rings is 1. The van der Waals surface area contributed by atoms with Gasteiger partial charge in [0.2, 0.25) is 5.91 Å². The molecule has 1 saturated heterocycles. The first-order chi connectivity index (χ1) is 10.5. The van der Waals surface area contributed by atoms with Crippen molar-refractivity contribution in [3.8, 4) is 5.75 Å². The number of carbonyl (C=O) groups is 1. The number of hydrogen-bond acceptors (Lipinski definition) is 3. The molecule has 120 valence electrons. The zero-order valence-electron chi connectivity index (χ0n) is 11.9. The normalized spacial score (nSPS) is 22.6. The highest BCUT2D eigenvalue weighted by Crippen LogP contribution is 2.58. The number of rotatable bonds is 4. The fraction of sp³-hybridized carbons (Fsp3) is 0.533. The second kappa shape index (κ2) is 5.79. The van der Waals surface area contributed by atoms with Crippen LogP contribution in [0.15, 0.2) is 18.2 Å². The van der Waals surface area contributed by atoms with Crippen LogP contribution < -0.4 is 15.4 Å². The molecular formula is C15H17F3N2O2. The Hall–Kier alpha value is -1.76. The summed E-state index contributed by atoms with van der Waals surface area (Å²) >= 11 is 0. The molecule has 0 aromatic heterocycles. The van der Waals surface area contributed by atoms with Gasteiger partial charge in [0, 0.05) is 12.0 Å². The van der Waals surface area contributed by atoms with E-state index >= 15 is 0 Å². The summed E-state index contributed by atoms with van der Waals surface area (Å²) in [6.07, 6.45) is 2.69. The van der Waals surface area contributed by atoms with E-state index in [1.807, 2.05) is 0 Å². The number of carbonyl (C=O) groups excluding carboxylic acids is 1. The fourth-order valence-corrected chi connectivity index (χ4v) is 3.21. The van der Waals surface area contributed by atoms with E-state index in [4.69, 9.17) is 0 Å². The summed E-state index contributed by atoms with van der Waals surface area (Å²) in [7, 11) is 0. The average molecular weight is 314 g/mol. The van der Waals surface area contributed by atoms with Gasteiger partial charge in [0.25, 0.3) is 0 Å². The molecule has 2 fully saturated rings. The maximum atomic E-state index is 13.1. The number of benzene rings is 1. The Labute approximate surface area is 126 Å². The summed E-state index contributed by atoms with van der Waals surface area (Å²) in [5.41, 5.74) is 0.113. The molecule has 0 bridgehead atoms. The summed E-state index contributed by atoms with van der Waals surface area (Å²) < 4.78 is 42.1. The third-order valence-corrected chi connectivity index (χ3v) is 4.52. The van der Waals surface area contributed by atoms with Crippen LogP contribution in [0, 0.1) is 17.2 Å². The minimum absolute atomic E-state index is 0.0408. The minimum atomic E-state index is -3.07. The Morgan fingerprint density at radius 2 is 2.09 bits per heavy atom. The standard InChI is InChI=1S/C15H17F3N2O2/c16-9-1-2-11(12(7-9)22-14(17)18)20-13(21)10-8-15(10)3-5-19-6-4-15/h1-2,7,10,14,19H,3-6,8H2,(H,20,21). The summed E-state index contributed by atoms with van der Waals surface area (Å²) in [5.74, 6) is -1.38. The molecule has 1 aliphatic heterocycles. The van der Waals surface area contributed by atoms with Crippen LogP contribution in [0.3, 0.4) is 0 Å². The molecule has 1 aliphatic carbocycles. The number of anilines is 1. The zero-order chi connectivity index (χ0) is 15.7. The van der Waals surface area contributed by atoms with Crippen molar-refractivity contribution in [3.63, 3.8) is 0 Å². The molecule has 0 radical (unpaired) electrons. The molecule has 1 saturated carbocycles. The second-order valence-corrected chi connectivity index (χ2v) is 5.88. The molecule has 7 heteroatoms. The van der Waals surface area contributed by atoms with Gasteiger partial charge in [-0.2, -0.15) is 8.78 Å². The molecule has 2 aliphatic rings. The average Bonchev–Trinajstić information content (AvgIpc) is 3.15. The predicted octanol–water partition coefficient (Wildman–Crippen LogP) is 2.76. The van der Waals surface area contributed by atoms with E-state index in [1.54, 1.807) is 0 Å². The van der Waals surface area contributed by atoms with Crippen molar-refractivity contribution in [2.45, 2.75) is 25.9 Å². The third kappa shape index (κ3) is 3.04. The minimum Gasteiger partial charge on any atom is -0.432 e. The van der Waals surface area contributed by atoms with Crippen LogP contribution in [0.2, 0.25) is 0 Å². The Balaban J connectivity index is 1.69. The van der Waals surface area contributed by atoms with Gasteiger partial charge >= 0.3 is 6.61 Å². The van der Waals surface area contributed by atoms with Gasteiger partial charge in [-0.15, -0.1) is 0 Å². The van der Waals surface area contributed by atoms with E-state index in [1.165, 1.54) is 6.07 Å². The first-order valence-electron chi connectivity index (χ1n) is 7.26. The lowest BCUT2D eigenvalue weighted by atomic mass is 9.92. The number of amides is 1. The lowest BCUT2D eigenvalue weighted by molar-refractivity contribution is -0.118. The largest absolute Gasteiger partial charge is 0.432 e. The first kappa shape index (κ1) is 15.1.